The molecule has 5 nitrogen and oxygen atoms in total. The highest BCUT2D eigenvalue weighted by molar-refractivity contribution is 6.68. The Morgan fingerprint density at radius 1 is 0.902 bits per heavy atom. The molecule has 0 aliphatic carbocycles. The molecule has 0 N–H and O–H groups in total. The summed E-state index contributed by atoms with van der Waals surface area (Å²) in [6.45, 7) is 1.19. The predicted octanol–water partition coefficient (Wildman–Crippen LogP) is 8.45. The summed E-state index contributed by atoms with van der Waals surface area (Å²) in [5.74, 6) is 2.63. The molecule has 0 spiro atoms. The SMILES string of the molecule is COc1ccc2c(c1OCc1ccccc1-c1ccccc1)C(C(Cl)(Cl)Cl)N1CCc3cc4c(cc3C1=C2)OCO4. The largest absolute Gasteiger partial charge is 0.493 e. The summed E-state index contributed by atoms with van der Waals surface area (Å²) in [5.41, 5.74) is 8.14. The van der Waals surface area contributed by atoms with E-state index in [1.165, 1.54) is 5.56 Å². The molecule has 1 unspecified atom stereocenters. The van der Waals surface area contributed by atoms with Gasteiger partial charge < -0.3 is 23.8 Å². The molecule has 8 heteroatoms. The fourth-order valence-electron chi connectivity index (χ4n) is 6.03. The number of rotatable bonds is 5. The van der Waals surface area contributed by atoms with Gasteiger partial charge in [0.15, 0.2) is 23.0 Å². The van der Waals surface area contributed by atoms with Crippen LogP contribution >= 0.6 is 34.8 Å². The number of ether oxygens (including phenoxy) is 4. The summed E-state index contributed by atoms with van der Waals surface area (Å²) in [6.07, 6.45) is 2.90. The lowest BCUT2D eigenvalue weighted by atomic mass is 9.86. The van der Waals surface area contributed by atoms with Crippen LogP contribution in [0.3, 0.4) is 0 Å². The van der Waals surface area contributed by atoms with Gasteiger partial charge in [-0.1, -0.05) is 95.5 Å². The normalized spacial score (nSPS) is 16.8. The highest BCUT2D eigenvalue weighted by Crippen LogP contribution is 2.56. The van der Waals surface area contributed by atoms with Crippen molar-refractivity contribution < 1.29 is 18.9 Å². The minimum atomic E-state index is -1.66. The minimum absolute atomic E-state index is 0.217. The van der Waals surface area contributed by atoms with E-state index < -0.39 is 9.83 Å². The van der Waals surface area contributed by atoms with E-state index in [-0.39, 0.29) is 6.79 Å². The Morgan fingerprint density at radius 2 is 1.66 bits per heavy atom. The summed E-state index contributed by atoms with van der Waals surface area (Å²) in [7, 11) is 1.63. The van der Waals surface area contributed by atoms with E-state index in [0.29, 0.717) is 24.7 Å². The second-order valence-corrected chi connectivity index (χ2v) is 12.6. The number of hydrogen-bond acceptors (Lipinski definition) is 5. The fourth-order valence-corrected chi connectivity index (χ4v) is 6.71. The average Bonchev–Trinajstić information content (AvgIpc) is 3.45. The lowest BCUT2D eigenvalue weighted by Crippen LogP contribution is -2.41. The second-order valence-electron chi connectivity index (χ2n) is 10.2. The van der Waals surface area contributed by atoms with Gasteiger partial charge in [0.1, 0.15) is 12.6 Å². The third-order valence-electron chi connectivity index (χ3n) is 7.88. The van der Waals surface area contributed by atoms with Crippen molar-refractivity contribution in [1.82, 2.24) is 4.90 Å². The Labute approximate surface area is 253 Å². The van der Waals surface area contributed by atoms with Crippen LogP contribution in [0.1, 0.15) is 33.9 Å². The first-order chi connectivity index (χ1) is 19.9. The van der Waals surface area contributed by atoms with Crippen LogP contribution in [0.2, 0.25) is 0 Å². The van der Waals surface area contributed by atoms with Gasteiger partial charge in [0.25, 0.3) is 0 Å². The number of benzene rings is 4. The van der Waals surface area contributed by atoms with E-state index in [1.807, 2.05) is 48.5 Å². The topological polar surface area (TPSA) is 40.2 Å². The van der Waals surface area contributed by atoms with E-state index in [4.69, 9.17) is 53.8 Å². The standard InChI is InChI=1S/C33H26Cl3NO4/c1-38-27-12-11-22-15-26-25-17-29-28(40-19-41-29)16-21(25)13-14-37(26)32(33(34,35)36)30(22)31(27)39-18-23-9-5-6-10-24(23)20-7-3-2-4-8-20/h2-12,15-17,32H,13-14,18-19H2,1H3. The molecule has 3 aliphatic heterocycles. The van der Waals surface area contributed by atoms with Gasteiger partial charge in [0, 0.05) is 23.4 Å². The molecule has 3 aliphatic rings. The molecule has 0 aromatic heterocycles. The maximum Gasteiger partial charge on any atom is 0.231 e. The van der Waals surface area contributed by atoms with Gasteiger partial charge in [0.05, 0.1) is 7.11 Å². The number of nitrogens with zero attached hydrogens (tertiary/aromatic N) is 1. The second kappa shape index (κ2) is 10.4. The molecule has 208 valence electrons. The van der Waals surface area contributed by atoms with Gasteiger partial charge in [-0.2, -0.15) is 0 Å². The summed E-state index contributed by atoms with van der Waals surface area (Å²) >= 11 is 20.4. The highest BCUT2D eigenvalue weighted by Gasteiger charge is 2.46. The Morgan fingerprint density at radius 3 is 2.44 bits per heavy atom. The molecule has 0 bridgehead atoms. The molecular formula is C33H26Cl3NO4. The van der Waals surface area contributed by atoms with Crippen molar-refractivity contribution in [1.29, 1.82) is 0 Å². The van der Waals surface area contributed by atoms with Gasteiger partial charge in [-0.25, -0.2) is 0 Å². The average molecular weight is 607 g/mol. The van der Waals surface area contributed by atoms with Crippen LogP contribution in [0.15, 0.2) is 78.9 Å². The van der Waals surface area contributed by atoms with Crippen molar-refractivity contribution in [2.75, 3.05) is 20.4 Å². The van der Waals surface area contributed by atoms with Crippen LogP contribution in [-0.2, 0) is 13.0 Å². The van der Waals surface area contributed by atoms with Crippen molar-refractivity contribution in [3.05, 3.63) is 107 Å². The van der Waals surface area contributed by atoms with Crippen LogP contribution in [-0.4, -0.2) is 29.1 Å². The highest BCUT2D eigenvalue weighted by atomic mass is 35.6. The molecule has 0 saturated carbocycles. The lowest BCUT2D eigenvalue weighted by Gasteiger charge is -2.46. The summed E-state index contributed by atoms with van der Waals surface area (Å²) < 4.78 is 22.1. The zero-order valence-corrected chi connectivity index (χ0v) is 24.5. The Balaban J connectivity index is 1.34. The number of fused-ring (bicyclic) bond motifs is 5. The van der Waals surface area contributed by atoms with Crippen molar-refractivity contribution in [2.45, 2.75) is 22.9 Å². The predicted molar refractivity (Wildman–Crippen MR) is 163 cm³/mol. The number of alkyl halides is 3. The molecule has 0 amide bonds. The number of methoxy groups -OCH3 is 1. The third-order valence-corrected chi connectivity index (χ3v) is 8.50. The molecule has 4 aromatic rings. The first-order valence-corrected chi connectivity index (χ1v) is 14.5. The molecule has 0 fully saturated rings. The molecule has 1 atom stereocenters. The Kier molecular flexibility index (Phi) is 6.69. The van der Waals surface area contributed by atoms with Gasteiger partial charge in [0.2, 0.25) is 10.6 Å². The summed E-state index contributed by atoms with van der Waals surface area (Å²) in [6, 6.07) is 25.8. The number of halogens is 3. The van der Waals surface area contributed by atoms with E-state index in [0.717, 1.165) is 57.0 Å². The van der Waals surface area contributed by atoms with Crippen LogP contribution in [0.25, 0.3) is 22.9 Å². The van der Waals surface area contributed by atoms with Crippen molar-refractivity contribution in [3.8, 4) is 34.1 Å². The minimum Gasteiger partial charge on any atom is -0.493 e. The molecule has 3 heterocycles. The van der Waals surface area contributed by atoms with Gasteiger partial charge >= 0.3 is 0 Å². The van der Waals surface area contributed by atoms with Crippen molar-refractivity contribution in [2.24, 2.45) is 0 Å². The fraction of sp³-hybridized carbons (Fsp3) is 0.212. The number of hydrogen-bond donors (Lipinski definition) is 0. The van der Waals surface area contributed by atoms with Crippen LogP contribution in [0.4, 0.5) is 0 Å². The Bertz CT molecular complexity index is 1670. The lowest BCUT2D eigenvalue weighted by molar-refractivity contribution is 0.174. The summed E-state index contributed by atoms with van der Waals surface area (Å²) in [4.78, 5) is 2.16. The first-order valence-electron chi connectivity index (χ1n) is 13.4. The quantitative estimate of drug-likeness (QED) is 0.213. The van der Waals surface area contributed by atoms with E-state index in [9.17, 15) is 0 Å². The van der Waals surface area contributed by atoms with Crippen molar-refractivity contribution >= 4 is 46.6 Å². The molecular weight excluding hydrogens is 581 g/mol. The molecule has 0 saturated heterocycles. The monoisotopic (exact) mass is 605 g/mol. The first kappa shape index (κ1) is 26.4. The van der Waals surface area contributed by atoms with Gasteiger partial charge in [-0.3, -0.25) is 0 Å². The van der Waals surface area contributed by atoms with Crippen LogP contribution in [0, 0.1) is 0 Å². The smallest absolute Gasteiger partial charge is 0.231 e. The van der Waals surface area contributed by atoms with Crippen LogP contribution in [0.5, 0.6) is 23.0 Å². The molecule has 7 rings (SSSR count). The van der Waals surface area contributed by atoms with Gasteiger partial charge in [-0.15, -0.1) is 0 Å². The van der Waals surface area contributed by atoms with E-state index >= 15 is 0 Å². The molecule has 0 radical (unpaired) electrons. The maximum atomic E-state index is 6.79. The summed E-state index contributed by atoms with van der Waals surface area (Å²) in [5, 5.41) is 0. The molecule has 41 heavy (non-hydrogen) atoms. The van der Waals surface area contributed by atoms with Crippen LogP contribution < -0.4 is 18.9 Å². The molecule has 4 aromatic carbocycles. The zero-order chi connectivity index (χ0) is 28.1. The maximum absolute atomic E-state index is 6.79. The van der Waals surface area contributed by atoms with Gasteiger partial charge in [-0.05, 0) is 58.5 Å². The van der Waals surface area contributed by atoms with E-state index in [1.54, 1.807) is 7.11 Å². The van der Waals surface area contributed by atoms with E-state index in [2.05, 4.69) is 41.3 Å². The zero-order valence-electron chi connectivity index (χ0n) is 22.2. The Hall–Kier alpha value is -3.51. The third kappa shape index (κ3) is 4.66. The van der Waals surface area contributed by atoms with Crippen molar-refractivity contribution in [3.63, 3.8) is 0 Å².